The predicted molar refractivity (Wildman–Crippen MR) is 76.3 cm³/mol. The number of para-hydroxylation sites is 1. The van der Waals surface area contributed by atoms with Crippen LogP contribution in [-0.4, -0.2) is 4.92 Å². The number of rotatable bonds is 4. The van der Waals surface area contributed by atoms with Crippen LogP contribution in [0.25, 0.3) is 12.2 Å². The molecular formula is C14H13N3O2. The number of nitro groups is 1. The van der Waals surface area contributed by atoms with Gasteiger partial charge >= 0.3 is 0 Å². The maximum absolute atomic E-state index is 10.9. The van der Waals surface area contributed by atoms with Crippen LogP contribution >= 0.6 is 0 Å². The second-order valence-corrected chi connectivity index (χ2v) is 3.92. The Morgan fingerprint density at radius 3 is 2.37 bits per heavy atom. The molecule has 0 radical (unpaired) electrons. The van der Waals surface area contributed by atoms with Gasteiger partial charge in [0.1, 0.15) is 0 Å². The number of nitro benzene ring substituents is 1. The molecule has 0 amide bonds. The third kappa shape index (κ3) is 3.17. The minimum absolute atomic E-state index is 0.0963. The highest BCUT2D eigenvalue weighted by molar-refractivity contribution is 5.74. The van der Waals surface area contributed by atoms with Gasteiger partial charge < -0.3 is 5.43 Å². The van der Waals surface area contributed by atoms with Crippen molar-refractivity contribution in [1.82, 2.24) is 0 Å². The Morgan fingerprint density at radius 1 is 1.05 bits per heavy atom. The van der Waals surface area contributed by atoms with Gasteiger partial charge in [0.15, 0.2) is 0 Å². The summed E-state index contributed by atoms with van der Waals surface area (Å²) in [7, 11) is 0. The van der Waals surface area contributed by atoms with Crippen LogP contribution in [0.5, 0.6) is 0 Å². The van der Waals surface area contributed by atoms with Gasteiger partial charge in [0.25, 0.3) is 5.69 Å². The zero-order chi connectivity index (χ0) is 13.7. The Morgan fingerprint density at radius 2 is 1.74 bits per heavy atom. The molecule has 5 heteroatoms. The van der Waals surface area contributed by atoms with Crippen molar-refractivity contribution in [3.05, 3.63) is 69.8 Å². The van der Waals surface area contributed by atoms with Gasteiger partial charge in [-0.15, -0.1) is 0 Å². The van der Waals surface area contributed by atoms with Crippen molar-refractivity contribution in [2.24, 2.45) is 5.84 Å². The first kappa shape index (κ1) is 12.8. The van der Waals surface area contributed by atoms with Crippen LogP contribution in [0.15, 0.2) is 48.5 Å². The SMILES string of the molecule is NNc1ccc(C=Cc2ccccc2[N+](=O)[O-])cc1. The molecule has 3 N–H and O–H groups in total. The highest BCUT2D eigenvalue weighted by Gasteiger charge is 2.08. The molecule has 2 aromatic carbocycles. The quantitative estimate of drug-likeness (QED) is 0.381. The van der Waals surface area contributed by atoms with Crippen LogP contribution in [-0.2, 0) is 0 Å². The zero-order valence-corrected chi connectivity index (χ0v) is 10.1. The molecule has 0 aliphatic rings. The van der Waals surface area contributed by atoms with Crippen molar-refractivity contribution in [1.29, 1.82) is 0 Å². The van der Waals surface area contributed by atoms with E-state index in [9.17, 15) is 10.1 Å². The zero-order valence-electron chi connectivity index (χ0n) is 10.1. The minimum atomic E-state index is -0.388. The first-order valence-corrected chi connectivity index (χ1v) is 5.69. The Kier molecular flexibility index (Phi) is 3.90. The minimum Gasteiger partial charge on any atom is -0.324 e. The Labute approximate surface area is 110 Å². The molecule has 0 fully saturated rings. The number of nitrogens with two attached hydrogens (primary N) is 1. The summed E-state index contributed by atoms with van der Waals surface area (Å²) < 4.78 is 0. The molecule has 0 unspecified atom stereocenters. The molecule has 0 aliphatic heterocycles. The highest BCUT2D eigenvalue weighted by Crippen LogP contribution is 2.20. The van der Waals surface area contributed by atoms with E-state index in [-0.39, 0.29) is 10.6 Å². The van der Waals surface area contributed by atoms with Gasteiger partial charge in [-0.3, -0.25) is 16.0 Å². The first-order valence-electron chi connectivity index (χ1n) is 5.69. The lowest BCUT2D eigenvalue weighted by molar-refractivity contribution is -0.385. The Bertz CT molecular complexity index is 606. The van der Waals surface area contributed by atoms with Gasteiger partial charge in [-0.25, -0.2) is 0 Å². The fourth-order valence-corrected chi connectivity index (χ4v) is 1.67. The number of hydrazine groups is 1. The smallest absolute Gasteiger partial charge is 0.276 e. The van der Waals surface area contributed by atoms with Crippen LogP contribution in [0.3, 0.4) is 0 Å². The van der Waals surface area contributed by atoms with E-state index in [2.05, 4.69) is 5.43 Å². The number of hydrogen-bond acceptors (Lipinski definition) is 4. The molecule has 0 saturated heterocycles. The maximum atomic E-state index is 10.9. The molecule has 0 bridgehead atoms. The van der Waals surface area contributed by atoms with E-state index in [1.807, 2.05) is 30.3 Å². The van der Waals surface area contributed by atoms with Crippen LogP contribution in [0, 0.1) is 10.1 Å². The highest BCUT2D eigenvalue weighted by atomic mass is 16.6. The molecule has 0 aliphatic carbocycles. The average Bonchev–Trinajstić information content (AvgIpc) is 2.46. The lowest BCUT2D eigenvalue weighted by Gasteiger charge is -2.00. The van der Waals surface area contributed by atoms with E-state index < -0.39 is 0 Å². The molecule has 19 heavy (non-hydrogen) atoms. The van der Waals surface area contributed by atoms with E-state index in [1.54, 1.807) is 24.3 Å². The fraction of sp³-hybridized carbons (Fsp3) is 0. The van der Waals surface area contributed by atoms with Gasteiger partial charge in [0, 0.05) is 11.8 Å². The summed E-state index contributed by atoms with van der Waals surface area (Å²) in [5.74, 6) is 5.28. The molecule has 0 saturated carbocycles. The number of nitrogen functional groups attached to an aromatic ring is 1. The van der Waals surface area contributed by atoms with E-state index >= 15 is 0 Å². The molecule has 0 heterocycles. The maximum Gasteiger partial charge on any atom is 0.276 e. The topological polar surface area (TPSA) is 81.2 Å². The normalized spacial score (nSPS) is 10.6. The molecule has 96 valence electrons. The predicted octanol–water partition coefficient (Wildman–Crippen LogP) is 3.05. The number of benzene rings is 2. The van der Waals surface area contributed by atoms with Crippen LogP contribution in [0.2, 0.25) is 0 Å². The molecular weight excluding hydrogens is 242 g/mol. The van der Waals surface area contributed by atoms with Gasteiger partial charge in [0.2, 0.25) is 0 Å². The van der Waals surface area contributed by atoms with E-state index in [0.717, 1.165) is 11.3 Å². The third-order valence-electron chi connectivity index (χ3n) is 2.67. The lowest BCUT2D eigenvalue weighted by Crippen LogP contribution is -2.05. The molecule has 2 aromatic rings. The summed E-state index contributed by atoms with van der Waals surface area (Å²) in [6.07, 6.45) is 3.55. The average molecular weight is 255 g/mol. The van der Waals surface area contributed by atoms with Crippen molar-refractivity contribution in [3.63, 3.8) is 0 Å². The second kappa shape index (κ2) is 5.79. The fourth-order valence-electron chi connectivity index (χ4n) is 1.67. The summed E-state index contributed by atoms with van der Waals surface area (Å²) in [6, 6.07) is 14.0. The summed E-state index contributed by atoms with van der Waals surface area (Å²) >= 11 is 0. The molecule has 2 rings (SSSR count). The summed E-state index contributed by atoms with van der Waals surface area (Å²) in [4.78, 5) is 10.5. The third-order valence-corrected chi connectivity index (χ3v) is 2.67. The lowest BCUT2D eigenvalue weighted by atomic mass is 10.1. The summed E-state index contributed by atoms with van der Waals surface area (Å²) in [5, 5.41) is 10.9. The van der Waals surface area contributed by atoms with E-state index in [1.165, 1.54) is 6.07 Å². The van der Waals surface area contributed by atoms with Crippen LogP contribution in [0.4, 0.5) is 11.4 Å². The Balaban J connectivity index is 2.24. The van der Waals surface area contributed by atoms with E-state index in [4.69, 9.17) is 5.84 Å². The standard InChI is InChI=1S/C14H13N3O2/c15-16-13-9-6-11(7-10-13)5-8-12-3-1-2-4-14(12)17(18)19/h1-10,16H,15H2. The van der Waals surface area contributed by atoms with Crippen molar-refractivity contribution >= 4 is 23.5 Å². The molecule has 0 spiro atoms. The molecule has 0 atom stereocenters. The van der Waals surface area contributed by atoms with Crippen LogP contribution in [0.1, 0.15) is 11.1 Å². The largest absolute Gasteiger partial charge is 0.324 e. The number of anilines is 1. The van der Waals surface area contributed by atoms with Crippen LogP contribution < -0.4 is 11.3 Å². The molecule has 5 nitrogen and oxygen atoms in total. The van der Waals surface area contributed by atoms with Crippen molar-refractivity contribution in [3.8, 4) is 0 Å². The van der Waals surface area contributed by atoms with Gasteiger partial charge in [-0.2, -0.15) is 0 Å². The number of nitrogens with one attached hydrogen (secondary N) is 1. The van der Waals surface area contributed by atoms with Crippen molar-refractivity contribution in [2.75, 3.05) is 5.43 Å². The van der Waals surface area contributed by atoms with Gasteiger partial charge in [-0.05, 0) is 29.8 Å². The first-order chi connectivity index (χ1) is 9.20. The number of hydrogen-bond donors (Lipinski definition) is 2. The van der Waals surface area contributed by atoms with Gasteiger partial charge in [0.05, 0.1) is 10.5 Å². The van der Waals surface area contributed by atoms with Gasteiger partial charge in [-0.1, -0.05) is 30.3 Å². The van der Waals surface area contributed by atoms with Crippen molar-refractivity contribution in [2.45, 2.75) is 0 Å². The summed E-state index contributed by atoms with van der Waals surface area (Å²) in [6.45, 7) is 0. The van der Waals surface area contributed by atoms with Crippen molar-refractivity contribution < 1.29 is 4.92 Å². The van der Waals surface area contributed by atoms with E-state index in [0.29, 0.717) is 5.56 Å². The summed E-state index contributed by atoms with van der Waals surface area (Å²) in [5.41, 5.74) is 4.96. The number of nitrogens with zero attached hydrogens (tertiary/aromatic N) is 1. The second-order valence-electron chi connectivity index (χ2n) is 3.92. The molecule has 0 aromatic heterocycles. The monoisotopic (exact) mass is 255 g/mol. The Hall–Kier alpha value is -2.66.